The molecular formula is C18H19FN2O3S. The molecule has 0 spiro atoms. The summed E-state index contributed by atoms with van der Waals surface area (Å²) in [5, 5.41) is 3.20. The van der Waals surface area contributed by atoms with E-state index in [0.29, 0.717) is 28.5 Å². The summed E-state index contributed by atoms with van der Waals surface area (Å²) >= 11 is 1.11. The number of thiazole rings is 1. The van der Waals surface area contributed by atoms with E-state index in [1.165, 1.54) is 12.1 Å². The van der Waals surface area contributed by atoms with Gasteiger partial charge < -0.3 is 10.1 Å². The minimum absolute atomic E-state index is 0.172. The third-order valence-corrected chi connectivity index (χ3v) is 5.57. The highest BCUT2D eigenvalue weighted by atomic mass is 32.1. The van der Waals surface area contributed by atoms with E-state index in [-0.39, 0.29) is 18.3 Å². The monoisotopic (exact) mass is 362 g/mol. The smallest absolute Gasteiger partial charge is 0.350 e. The molecule has 0 radical (unpaired) electrons. The van der Waals surface area contributed by atoms with Crippen molar-refractivity contribution in [3.8, 4) is 0 Å². The van der Waals surface area contributed by atoms with E-state index in [1.54, 1.807) is 26.0 Å². The quantitative estimate of drug-likeness (QED) is 0.821. The number of rotatable bonds is 5. The molecule has 1 aromatic heterocycles. The number of halogens is 1. The van der Waals surface area contributed by atoms with E-state index < -0.39 is 11.4 Å². The lowest BCUT2D eigenvalue weighted by Crippen LogP contribution is -2.46. The van der Waals surface area contributed by atoms with E-state index in [2.05, 4.69) is 10.3 Å². The minimum Gasteiger partial charge on any atom is -0.462 e. The highest BCUT2D eigenvalue weighted by molar-refractivity contribution is 7.17. The Morgan fingerprint density at radius 2 is 2.00 bits per heavy atom. The van der Waals surface area contributed by atoms with Crippen LogP contribution in [-0.2, 0) is 14.9 Å². The molecule has 5 nitrogen and oxygen atoms in total. The van der Waals surface area contributed by atoms with Gasteiger partial charge in [0.2, 0.25) is 5.91 Å². The number of hydrogen-bond acceptors (Lipinski definition) is 5. The maximum atomic E-state index is 13.2. The number of benzene rings is 1. The molecule has 2 aromatic rings. The normalized spacial score (nSPS) is 15.3. The molecule has 0 atom stereocenters. The molecule has 1 N–H and O–H groups in total. The van der Waals surface area contributed by atoms with Crippen LogP contribution < -0.4 is 5.32 Å². The zero-order valence-corrected chi connectivity index (χ0v) is 14.9. The van der Waals surface area contributed by atoms with Gasteiger partial charge in [0.15, 0.2) is 5.13 Å². The summed E-state index contributed by atoms with van der Waals surface area (Å²) in [7, 11) is 0. The molecule has 0 unspecified atom stereocenters. The van der Waals surface area contributed by atoms with E-state index in [1.807, 2.05) is 0 Å². The molecule has 1 saturated carbocycles. The molecule has 1 aromatic carbocycles. The summed E-state index contributed by atoms with van der Waals surface area (Å²) in [5.74, 6) is -0.933. The summed E-state index contributed by atoms with van der Waals surface area (Å²) in [5.41, 5.74) is 0.678. The van der Waals surface area contributed by atoms with Gasteiger partial charge in [-0.05, 0) is 44.4 Å². The second kappa shape index (κ2) is 6.92. The molecule has 7 heteroatoms. The second-order valence-electron chi connectivity index (χ2n) is 6.05. The molecule has 1 fully saturated rings. The third-order valence-electron chi connectivity index (χ3n) is 4.52. The molecule has 0 aliphatic heterocycles. The largest absolute Gasteiger partial charge is 0.462 e. The number of carbonyl (C=O) groups is 2. The van der Waals surface area contributed by atoms with Crippen LogP contribution in [0.3, 0.4) is 0 Å². The lowest BCUT2D eigenvalue weighted by Gasteiger charge is -2.40. The lowest BCUT2D eigenvalue weighted by atomic mass is 9.64. The van der Waals surface area contributed by atoms with Crippen molar-refractivity contribution < 1.29 is 18.7 Å². The standard InChI is InChI=1S/C18H19FN2O3S/c1-3-24-15(22)14-11(2)20-17(25-14)21-16(23)18(9-4-10-18)12-5-7-13(19)8-6-12/h5-8H,3-4,9-10H2,1-2H3,(H,20,21,23). The number of carbonyl (C=O) groups excluding carboxylic acids is 2. The van der Waals surface area contributed by atoms with Gasteiger partial charge in [0.1, 0.15) is 10.7 Å². The Labute approximate surface area is 149 Å². The van der Waals surface area contributed by atoms with Crippen molar-refractivity contribution in [2.24, 2.45) is 0 Å². The third kappa shape index (κ3) is 3.28. The Morgan fingerprint density at radius 3 is 2.56 bits per heavy atom. The minimum atomic E-state index is -0.655. The van der Waals surface area contributed by atoms with Gasteiger partial charge in [-0.25, -0.2) is 14.2 Å². The maximum absolute atomic E-state index is 13.2. The molecule has 0 bridgehead atoms. The number of aryl methyl sites for hydroxylation is 1. The number of nitrogens with one attached hydrogen (secondary N) is 1. The number of nitrogens with zero attached hydrogens (tertiary/aromatic N) is 1. The summed E-state index contributed by atoms with van der Waals surface area (Å²) in [4.78, 5) is 29.4. The number of esters is 1. The second-order valence-corrected chi connectivity index (χ2v) is 7.05. The van der Waals surface area contributed by atoms with Crippen LogP contribution in [0.25, 0.3) is 0 Å². The number of ether oxygens (including phenoxy) is 1. The van der Waals surface area contributed by atoms with E-state index in [4.69, 9.17) is 4.74 Å². The van der Waals surface area contributed by atoms with E-state index in [0.717, 1.165) is 23.3 Å². The highest BCUT2D eigenvalue weighted by Gasteiger charge is 2.46. The van der Waals surface area contributed by atoms with Gasteiger partial charge in [-0.2, -0.15) is 0 Å². The summed E-state index contributed by atoms with van der Waals surface area (Å²) in [6.45, 7) is 3.73. The first-order chi connectivity index (χ1) is 12.0. The van der Waals surface area contributed by atoms with E-state index in [9.17, 15) is 14.0 Å². The number of amides is 1. The average molecular weight is 362 g/mol. The molecule has 1 heterocycles. The predicted octanol–water partition coefficient (Wildman–Crippen LogP) is 3.83. The fourth-order valence-corrected chi connectivity index (χ4v) is 3.85. The van der Waals surface area contributed by atoms with Gasteiger partial charge in [-0.15, -0.1) is 0 Å². The molecular weight excluding hydrogens is 343 g/mol. The van der Waals surface area contributed by atoms with Crippen LogP contribution >= 0.6 is 11.3 Å². The van der Waals surface area contributed by atoms with Crippen LogP contribution in [0.5, 0.6) is 0 Å². The Kier molecular flexibility index (Phi) is 4.85. The van der Waals surface area contributed by atoms with Crippen molar-refractivity contribution in [1.82, 2.24) is 4.98 Å². The predicted molar refractivity (Wildman–Crippen MR) is 93.4 cm³/mol. The molecule has 25 heavy (non-hydrogen) atoms. The van der Waals surface area contributed by atoms with Crippen molar-refractivity contribution in [3.63, 3.8) is 0 Å². The van der Waals surface area contributed by atoms with Crippen molar-refractivity contribution in [2.75, 3.05) is 11.9 Å². The lowest BCUT2D eigenvalue weighted by molar-refractivity contribution is -0.124. The average Bonchev–Trinajstić information content (AvgIpc) is 2.89. The number of aromatic nitrogens is 1. The van der Waals surface area contributed by atoms with Gasteiger partial charge in [0.25, 0.3) is 0 Å². The highest BCUT2D eigenvalue weighted by Crippen LogP contribution is 2.44. The molecule has 0 saturated heterocycles. The van der Waals surface area contributed by atoms with Crippen LogP contribution in [0.4, 0.5) is 9.52 Å². The number of hydrogen-bond donors (Lipinski definition) is 1. The van der Waals surface area contributed by atoms with Crippen LogP contribution in [-0.4, -0.2) is 23.5 Å². The zero-order chi connectivity index (χ0) is 18.0. The Bertz CT molecular complexity index is 797. The SMILES string of the molecule is CCOC(=O)c1sc(NC(=O)C2(c3ccc(F)cc3)CCC2)nc1C. The van der Waals surface area contributed by atoms with Crippen LogP contribution in [0.2, 0.25) is 0 Å². The first kappa shape index (κ1) is 17.5. The van der Waals surface area contributed by atoms with Gasteiger partial charge in [0, 0.05) is 0 Å². The van der Waals surface area contributed by atoms with Crippen LogP contribution in [0.15, 0.2) is 24.3 Å². The van der Waals surface area contributed by atoms with Crippen molar-refractivity contribution in [3.05, 3.63) is 46.2 Å². The molecule has 1 amide bonds. The summed E-state index contributed by atoms with van der Waals surface area (Å²) in [6, 6.07) is 6.06. The Morgan fingerprint density at radius 1 is 1.32 bits per heavy atom. The topological polar surface area (TPSA) is 68.3 Å². The number of anilines is 1. The fraction of sp³-hybridized carbons (Fsp3) is 0.389. The zero-order valence-electron chi connectivity index (χ0n) is 14.1. The van der Waals surface area contributed by atoms with Crippen molar-refractivity contribution in [1.29, 1.82) is 0 Å². The van der Waals surface area contributed by atoms with Crippen molar-refractivity contribution >= 4 is 28.3 Å². The van der Waals surface area contributed by atoms with Gasteiger partial charge in [-0.1, -0.05) is 29.9 Å². The van der Waals surface area contributed by atoms with Gasteiger partial charge >= 0.3 is 5.97 Å². The van der Waals surface area contributed by atoms with Crippen molar-refractivity contribution in [2.45, 2.75) is 38.5 Å². The molecule has 1 aliphatic carbocycles. The van der Waals surface area contributed by atoms with E-state index >= 15 is 0 Å². The molecule has 3 rings (SSSR count). The van der Waals surface area contributed by atoms with Crippen LogP contribution in [0.1, 0.15) is 47.1 Å². The Balaban J connectivity index is 1.80. The maximum Gasteiger partial charge on any atom is 0.350 e. The first-order valence-electron chi connectivity index (χ1n) is 8.18. The van der Waals surface area contributed by atoms with Crippen LogP contribution in [0, 0.1) is 12.7 Å². The van der Waals surface area contributed by atoms with Gasteiger partial charge in [-0.3, -0.25) is 4.79 Å². The molecule has 1 aliphatic rings. The summed E-state index contributed by atoms with van der Waals surface area (Å²) < 4.78 is 18.2. The summed E-state index contributed by atoms with van der Waals surface area (Å²) in [6.07, 6.45) is 2.36. The molecule has 132 valence electrons. The Hall–Kier alpha value is -2.28. The fourth-order valence-electron chi connectivity index (χ4n) is 3.00. The van der Waals surface area contributed by atoms with Gasteiger partial charge in [0.05, 0.1) is 17.7 Å². The first-order valence-corrected chi connectivity index (χ1v) is 9.00.